The number of benzene rings is 2. The Labute approximate surface area is 472 Å². The van der Waals surface area contributed by atoms with Crippen LogP contribution in [0.5, 0.6) is 5.75 Å². The van der Waals surface area contributed by atoms with Gasteiger partial charge in [-0.1, -0.05) is 42.5 Å². The SMILES string of the molecule is C[C@@H](OC(C)(C)C)[C@H](NC(=O)[C@H](Cc1ccccc1)NC(=O)[C@@H](NC(=O)CNC(=O)[C@H](CCC(=O)OC(C)(C)C)NC(=O)C(C)(C)NC(=O)[C@H](Cc1ccc(OC(C)(C)C)cc1)NC(=O)OC(C)(C)C)[C@@H](C)OC(C)(C)C)C(=O)O. The molecule has 0 saturated carbocycles. The van der Waals surface area contributed by atoms with Crippen LogP contribution in [0.4, 0.5) is 4.79 Å². The maximum atomic E-state index is 14.4. The van der Waals surface area contributed by atoms with Crippen LogP contribution in [0.2, 0.25) is 0 Å². The summed E-state index contributed by atoms with van der Waals surface area (Å²) < 4.78 is 28.8. The van der Waals surface area contributed by atoms with Gasteiger partial charge >= 0.3 is 18.0 Å². The monoisotopic (exact) mass is 1130 g/mol. The average molecular weight is 1130 g/mol. The summed E-state index contributed by atoms with van der Waals surface area (Å²) in [6.07, 6.45) is -3.76. The van der Waals surface area contributed by atoms with E-state index in [-0.39, 0.29) is 25.7 Å². The van der Waals surface area contributed by atoms with Crippen LogP contribution < -0.4 is 42.0 Å². The van der Waals surface area contributed by atoms with E-state index in [2.05, 4.69) is 37.2 Å². The third-order valence-corrected chi connectivity index (χ3v) is 11.0. The van der Waals surface area contributed by atoms with Gasteiger partial charge in [0.25, 0.3) is 0 Å². The first kappa shape index (κ1) is 69.3. The van der Waals surface area contributed by atoms with Crippen molar-refractivity contribution in [2.24, 2.45) is 0 Å². The second-order valence-electron chi connectivity index (χ2n) is 25.2. The number of alkyl carbamates (subject to hydrolysis) is 1. The van der Waals surface area contributed by atoms with Gasteiger partial charge < -0.3 is 66.0 Å². The fourth-order valence-corrected chi connectivity index (χ4v) is 7.77. The molecule has 7 amide bonds. The highest BCUT2D eigenvalue weighted by Gasteiger charge is 2.39. The van der Waals surface area contributed by atoms with Crippen LogP contribution in [0.1, 0.15) is 156 Å². The molecule has 0 spiro atoms. The van der Waals surface area contributed by atoms with Crippen molar-refractivity contribution in [2.45, 2.75) is 233 Å². The molecule has 0 aromatic heterocycles. The lowest BCUT2D eigenvalue weighted by molar-refractivity contribution is -0.155. The molecule has 0 saturated heterocycles. The van der Waals surface area contributed by atoms with E-state index in [0.717, 1.165) is 0 Å². The first-order valence-electron chi connectivity index (χ1n) is 26.8. The number of carbonyl (C=O) groups is 9. The molecule has 22 heteroatoms. The Morgan fingerprint density at radius 2 is 1.00 bits per heavy atom. The van der Waals surface area contributed by atoms with Crippen LogP contribution in [0.3, 0.4) is 0 Å². The molecule has 0 aliphatic rings. The fraction of sp³-hybridized carbons (Fsp3) is 0.638. The van der Waals surface area contributed by atoms with Gasteiger partial charge in [-0.3, -0.25) is 33.6 Å². The molecule has 0 aliphatic carbocycles. The quantitative estimate of drug-likeness (QED) is 0.0568. The minimum absolute atomic E-state index is 0.0327. The molecule has 2 aromatic carbocycles. The number of hydrogen-bond acceptors (Lipinski definition) is 14. The lowest BCUT2D eigenvalue weighted by Gasteiger charge is -2.32. The van der Waals surface area contributed by atoms with Gasteiger partial charge in [0.1, 0.15) is 52.3 Å². The van der Waals surface area contributed by atoms with Gasteiger partial charge in [-0.05, 0) is 161 Å². The molecule has 0 bridgehead atoms. The van der Waals surface area contributed by atoms with E-state index in [4.69, 9.17) is 23.7 Å². The van der Waals surface area contributed by atoms with Crippen molar-refractivity contribution in [3.05, 3.63) is 65.7 Å². The summed E-state index contributed by atoms with van der Waals surface area (Å²) in [7, 11) is 0. The van der Waals surface area contributed by atoms with Gasteiger partial charge in [0.2, 0.25) is 35.4 Å². The Bertz CT molecular complexity index is 2430. The lowest BCUT2D eigenvalue weighted by atomic mass is 9.99. The summed E-state index contributed by atoms with van der Waals surface area (Å²) in [5.74, 6) is -6.73. The third kappa shape index (κ3) is 27.4. The van der Waals surface area contributed by atoms with Crippen LogP contribution >= 0.6 is 0 Å². The highest BCUT2D eigenvalue weighted by atomic mass is 16.6. The van der Waals surface area contributed by atoms with E-state index in [1.165, 1.54) is 27.7 Å². The number of rotatable bonds is 26. The van der Waals surface area contributed by atoms with Gasteiger partial charge in [-0.15, -0.1) is 0 Å². The molecule has 7 atom stereocenters. The predicted molar refractivity (Wildman–Crippen MR) is 300 cm³/mol. The maximum Gasteiger partial charge on any atom is 0.408 e. The number of nitrogens with one attached hydrogen (secondary N) is 7. The molecule has 0 unspecified atom stereocenters. The highest BCUT2D eigenvalue weighted by molar-refractivity contribution is 5.98. The molecule has 22 nitrogen and oxygen atoms in total. The molecule has 2 rings (SSSR count). The number of aliphatic carboxylic acids is 1. The first-order chi connectivity index (χ1) is 36.4. The van der Waals surface area contributed by atoms with E-state index in [9.17, 15) is 48.3 Å². The van der Waals surface area contributed by atoms with Gasteiger partial charge in [0.15, 0.2) is 6.04 Å². The van der Waals surface area contributed by atoms with Gasteiger partial charge in [0, 0.05) is 19.3 Å². The van der Waals surface area contributed by atoms with Gasteiger partial charge in [-0.2, -0.15) is 0 Å². The Hall–Kier alpha value is -6.81. The number of ether oxygens (including phenoxy) is 5. The number of amides is 7. The number of carboxylic acids is 1. The highest BCUT2D eigenvalue weighted by Crippen LogP contribution is 2.21. The summed E-state index contributed by atoms with van der Waals surface area (Å²) in [6, 6.07) is 8.38. The van der Waals surface area contributed by atoms with Crippen LogP contribution in [0.25, 0.3) is 0 Å². The smallest absolute Gasteiger partial charge is 0.408 e. The van der Waals surface area contributed by atoms with Crippen LogP contribution in [0.15, 0.2) is 54.6 Å². The second-order valence-corrected chi connectivity index (χ2v) is 25.2. The van der Waals surface area contributed by atoms with Crippen LogP contribution in [-0.4, -0.2) is 141 Å². The zero-order valence-corrected chi connectivity index (χ0v) is 50.4. The maximum absolute atomic E-state index is 14.4. The predicted octanol–water partition coefficient (Wildman–Crippen LogP) is 5.11. The molecule has 0 fully saturated rings. The van der Waals surface area contributed by atoms with Crippen molar-refractivity contribution in [2.75, 3.05) is 6.54 Å². The van der Waals surface area contributed by atoms with Crippen molar-refractivity contribution >= 4 is 53.5 Å². The van der Waals surface area contributed by atoms with E-state index in [1.54, 1.807) is 138 Å². The average Bonchev–Trinajstić information content (AvgIpc) is 3.27. The Morgan fingerprint density at radius 3 is 1.49 bits per heavy atom. The molecule has 0 aliphatic heterocycles. The molecule has 448 valence electrons. The van der Waals surface area contributed by atoms with Crippen molar-refractivity contribution < 1.29 is 71.9 Å². The summed E-state index contributed by atoms with van der Waals surface area (Å²) in [4.78, 5) is 123. The van der Waals surface area contributed by atoms with Crippen molar-refractivity contribution in [1.29, 1.82) is 0 Å². The normalized spacial score (nSPS) is 14.9. The Morgan fingerprint density at radius 1 is 0.500 bits per heavy atom. The minimum Gasteiger partial charge on any atom is -0.488 e. The molecule has 80 heavy (non-hydrogen) atoms. The molecule has 0 heterocycles. The van der Waals surface area contributed by atoms with Gasteiger partial charge in [-0.25, -0.2) is 9.59 Å². The molecular weight excluding hydrogens is 1030 g/mol. The molecule has 0 radical (unpaired) electrons. The van der Waals surface area contributed by atoms with Crippen molar-refractivity contribution in [3.63, 3.8) is 0 Å². The second kappa shape index (κ2) is 29.1. The van der Waals surface area contributed by atoms with Crippen molar-refractivity contribution in [1.82, 2.24) is 37.2 Å². The number of carboxylic acid groups (broad SMARTS) is 1. The zero-order valence-electron chi connectivity index (χ0n) is 50.4. The lowest BCUT2D eigenvalue weighted by Crippen LogP contribution is -2.62. The standard InChI is InChI=1S/C58H91N7O15/c1-34(76-53(3,4)5)44(49(71)60-40(31-36-23-21-20-22-24-36)47(69)64-45(50(72)73)35(2)77-54(6,7)8)63-42(66)33-59-46(68)39(29-30-43(67)79-56(12,13)14)61-51(74)58(18,19)65-48(70)41(62-52(75)80-57(15,16)17)32-37-25-27-38(28-26-37)78-55(9,10)11/h20-28,34-35,39-41,44-45H,29-33H2,1-19H3,(H,59,68)(H,60,71)(H,61,74)(H,62,75)(H,63,66)(H,64,69)(H,65,70)(H,72,73)/t34-,35-,39+,40+,41+,44+,45+/m1/s1. The largest absolute Gasteiger partial charge is 0.488 e. The Kier molecular flexibility index (Phi) is 25.2. The van der Waals surface area contributed by atoms with Crippen LogP contribution in [0, 0.1) is 0 Å². The van der Waals surface area contributed by atoms with E-state index in [0.29, 0.717) is 16.9 Å². The Balaban J connectivity index is 2.45. The summed E-state index contributed by atoms with van der Waals surface area (Å²) in [5.41, 5.74) is -4.42. The number of carbonyl (C=O) groups excluding carboxylic acids is 8. The van der Waals surface area contributed by atoms with Crippen molar-refractivity contribution in [3.8, 4) is 5.75 Å². The third-order valence-electron chi connectivity index (χ3n) is 11.0. The summed E-state index contributed by atoms with van der Waals surface area (Å²) in [6.45, 7) is 31.0. The minimum atomic E-state index is -1.77. The molecule has 2 aromatic rings. The van der Waals surface area contributed by atoms with E-state index in [1.807, 2.05) is 20.8 Å². The fourth-order valence-electron chi connectivity index (χ4n) is 7.77. The van der Waals surface area contributed by atoms with Gasteiger partial charge in [0.05, 0.1) is 30.0 Å². The first-order valence-corrected chi connectivity index (χ1v) is 26.8. The number of esters is 1. The summed E-state index contributed by atoms with van der Waals surface area (Å²) >= 11 is 0. The summed E-state index contributed by atoms with van der Waals surface area (Å²) in [5, 5.41) is 28.2. The van der Waals surface area contributed by atoms with E-state index >= 15 is 0 Å². The number of hydrogen-bond donors (Lipinski definition) is 8. The zero-order chi connectivity index (χ0) is 61.4. The topological polar surface area (TPSA) is 304 Å². The van der Waals surface area contributed by atoms with Crippen LogP contribution in [-0.2, 0) is 70.1 Å². The molecule has 8 N–H and O–H groups in total. The molecular formula is C58H91N7O15. The van der Waals surface area contributed by atoms with E-state index < -0.39 is 136 Å².